The molecule has 1 atom stereocenters. The van der Waals surface area contributed by atoms with Crippen molar-refractivity contribution in [1.29, 1.82) is 0 Å². The molecule has 1 aliphatic heterocycles. The zero-order valence-corrected chi connectivity index (χ0v) is 15.9. The topological polar surface area (TPSA) is 68.5 Å². The summed E-state index contributed by atoms with van der Waals surface area (Å²) in [5.74, 6) is 1.84. The van der Waals surface area contributed by atoms with E-state index in [2.05, 4.69) is 10.1 Å². The van der Waals surface area contributed by atoms with E-state index < -0.39 is 0 Å². The first-order valence-corrected chi connectivity index (χ1v) is 9.56. The van der Waals surface area contributed by atoms with Gasteiger partial charge in [0.05, 0.1) is 13.5 Å². The van der Waals surface area contributed by atoms with Gasteiger partial charge < -0.3 is 14.2 Å². The molecule has 144 valence electrons. The second kappa shape index (κ2) is 8.25. The molecule has 1 saturated heterocycles. The third-order valence-electron chi connectivity index (χ3n) is 5.08. The van der Waals surface area contributed by atoms with Gasteiger partial charge in [0.25, 0.3) is 0 Å². The third-order valence-corrected chi connectivity index (χ3v) is 5.08. The van der Waals surface area contributed by atoms with Crippen LogP contribution in [0.4, 0.5) is 0 Å². The minimum atomic E-state index is -0.170. The number of aromatic nitrogens is 2. The Morgan fingerprint density at radius 3 is 2.86 bits per heavy atom. The van der Waals surface area contributed by atoms with Crippen molar-refractivity contribution in [2.24, 2.45) is 0 Å². The molecule has 28 heavy (non-hydrogen) atoms. The van der Waals surface area contributed by atoms with Crippen LogP contribution in [0.15, 0.2) is 59.1 Å². The van der Waals surface area contributed by atoms with Gasteiger partial charge in [0.2, 0.25) is 17.6 Å². The lowest BCUT2D eigenvalue weighted by molar-refractivity contribution is -0.135. The number of nitrogens with zero attached hydrogens (tertiary/aromatic N) is 3. The first kappa shape index (κ1) is 18.2. The van der Waals surface area contributed by atoms with E-state index in [9.17, 15) is 4.79 Å². The summed E-state index contributed by atoms with van der Waals surface area (Å²) < 4.78 is 10.8. The fourth-order valence-corrected chi connectivity index (χ4v) is 3.61. The molecule has 1 aromatic heterocycles. The summed E-state index contributed by atoms with van der Waals surface area (Å²) in [6, 6.07) is 17.2. The maximum absolute atomic E-state index is 12.9. The number of methoxy groups -OCH3 is 1. The molecular formula is C22H23N3O3. The minimum absolute atomic E-state index is 0.0945. The Morgan fingerprint density at radius 1 is 1.18 bits per heavy atom. The first-order chi connectivity index (χ1) is 13.7. The summed E-state index contributed by atoms with van der Waals surface area (Å²) in [5, 5.41) is 4.14. The van der Waals surface area contributed by atoms with Gasteiger partial charge in [0.15, 0.2) is 0 Å². The number of hydrogen-bond donors (Lipinski definition) is 0. The summed E-state index contributed by atoms with van der Waals surface area (Å²) in [4.78, 5) is 19.4. The van der Waals surface area contributed by atoms with Crippen LogP contribution in [0.1, 0.15) is 36.8 Å². The largest absolute Gasteiger partial charge is 0.497 e. The van der Waals surface area contributed by atoms with E-state index in [1.54, 1.807) is 7.11 Å². The number of hydrogen-bond acceptors (Lipinski definition) is 5. The molecule has 1 aliphatic rings. The van der Waals surface area contributed by atoms with Gasteiger partial charge in [-0.15, -0.1) is 0 Å². The number of amides is 1. The van der Waals surface area contributed by atoms with Crippen LogP contribution >= 0.6 is 0 Å². The van der Waals surface area contributed by atoms with Gasteiger partial charge >= 0.3 is 0 Å². The molecule has 0 bridgehead atoms. The Balaban J connectivity index is 1.54. The average Bonchev–Trinajstić information content (AvgIpc) is 3.25. The van der Waals surface area contributed by atoms with Crippen LogP contribution in [0.2, 0.25) is 0 Å². The van der Waals surface area contributed by atoms with E-state index in [0.29, 0.717) is 24.7 Å². The quantitative estimate of drug-likeness (QED) is 0.671. The van der Waals surface area contributed by atoms with E-state index in [4.69, 9.17) is 9.26 Å². The van der Waals surface area contributed by atoms with Gasteiger partial charge in [-0.05, 0) is 37.0 Å². The van der Waals surface area contributed by atoms with E-state index in [-0.39, 0.29) is 11.9 Å². The Morgan fingerprint density at radius 2 is 2.04 bits per heavy atom. The summed E-state index contributed by atoms with van der Waals surface area (Å²) in [6.07, 6.45) is 3.25. The molecular weight excluding hydrogens is 354 g/mol. The predicted octanol–water partition coefficient (Wildman–Crippen LogP) is 4.04. The third kappa shape index (κ3) is 3.91. The maximum atomic E-state index is 12.9. The van der Waals surface area contributed by atoms with Gasteiger partial charge in [-0.3, -0.25) is 4.79 Å². The summed E-state index contributed by atoms with van der Waals surface area (Å²) in [6.45, 7) is 0.715. The fourth-order valence-electron chi connectivity index (χ4n) is 3.61. The Bertz CT molecular complexity index is 939. The van der Waals surface area contributed by atoms with Crippen molar-refractivity contribution < 1.29 is 14.1 Å². The van der Waals surface area contributed by atoms with Crippen LogP contribution < -0.4 is 4.74 Å². The van der Waals surface area contributed by atoms with Crippen molar-refractivity contribution in [2.45, 2.75) is 31.7 Å². The van der Waals surface area contributed by atoms with Gasteiger partial charge in [-0.25, -0.2) is 0 Å². The molecule has 2 aromatic carbocycles. The Labute approximate surface area is 164 Å². The summed E-state index contributed by atoms with van der Waals surface area (Å²) >= 11 is 0. The highest BCUT2D eigenvalue weighted by atomic mass is 16.5. The lowest BCUT2D eigenvalue weighted by Crippen LogP contribution is -2.39. The van der Waals surface area contributed by atoms with E-state index in [0.717, 1.165) is 36.1 Å². The lowest BCUT2D eigenvalue weighted by atomic mass is 10.0. The number of ether oxygens (including phenoxy) is 1. The van der Waals surface area contributed by atoms with Gasteiger partial charge in [0.1, 0.15) is 11.8 Å². The SMILES string of the molecule is COc1cccc(-c2noc(C3CCCCN3C(=O)Cc3ccccc3)n2)c1. The van der Waals surface area contributed by atoms with Crippen molar-refractivity contribution in [3.63, 3.8) is 0 Å². The molecule has 2 heterocycles. The molecule has 0 N–H and O–H groups in total. The van der Waals surface area contributed by atoms with Crippen molar-refractivity contribution in [2.75, 3.05) is 13.7 Å². The van der Waals surface area contributed by atoms with Gasteiger partial charge in [0, 0.05) is 12.1 Å². The summed E-state index contributed by atoms with van der Waals surface area (Å²) in [7, 11) is 1.62. The van der Waals surface area contributed by atoms with Gasteiger partial charge in [-0.1, -0.05) is 47.6 Å². The van der Waals surface area contributed by atoms with Crippen LogP contribution in [0.25, 0.3) is 11.4 Å². The normalized spacial score (nSPS) is 16.8. The van der Waals surface area contributed by atoms with Crippen LogP contribution in [-0.2, 0) is 11.2 Å². The maximum Gasteiger partial charge on any atom is 0.249 e. The number of piperidine rings is 1. The molecule has 6 nitrogen and oxygen atoms in total. The second-order valence-corrected chi connectivity index (χ2v) is 6.95. The van der Waals surface area contributed by atoms with Crippen LogP contribution in [0.3, 0.4) is 0 Å². The Hall–Kier alpha value is -3.15. The molecule has 0 spiro atoms. The van der Waals surface area contributed by atoms with Crippen molar-refractivity contribution in [1.82, 2.24) is 15.0 Å². The lowest BCUT2D eigenvalue weighted by Gasteiger charge is -2.33. The number of likely N-dealkylation sites (tertiary alicyclic amines) is 1. The predicted molar refractivity (Wildman–Crippen MR) is 105 cm³/mol. The highest BCUT2D eigenvalue weighted by Crippen LogP contribution is 2.32. The van der Waals surface area contributed by atoms with Crippen molar-refractivity contribution >= 4 is 5.91 Å². The second-order valence-electron chi connectivity index (χ2n) is 6.95. The molecule has 1 amide bonds. The molecule has 1 unspecified atom stereocenters. The zero-order valence-electron chi connectivity index (χ0n) is 15.9. The van der Waals surface area contributed by atoms with Crippen LogP contribution in [0.5, 0.6) is 5.75 Å². The number of carbonyl (C=O) groups is 1. The molecule has 0 radical (unpaired) electrons. The minimum Gasteiger partial charge on any atom is -0.497 e. The molecule has 0 aliphatic carbocycles. The molecule has 6 heteroatoms. The molecule has 3 aromatic rings. The Kier molecular flexibility index (Phi) is 5.37. The highest BCUT2D eigenvalue weighted by molar-refractivity contribution is 5.79. The van der Waals surface area contributed by atoms with Gasteiger partial charge in [-0.2, -0.15) is 4.98 Å². The average molecular weight is 377 g/mol. The van der Waals surface area contributed by atoms with E-state index in [1.807, 2.05) is 59.5 Å². The van der Waals surface area contributed by atoms with Crippen LogP contribution in [0, 0.1) is 0 Å². The summed E-state index contributed by atoms with van der Waals surface area (Å²) in [5.41, 5.74) is 1.84. The first-order valence-electron chi connectivity index (χ1n) is 9.56. The molecule has 0 saturated carbocycles. The van der Waals surface area contributed by atoms with Crippen molar-refractivity contribution in [3.05, 3.63) is 66.1 Å². The number of rotatable bonds is 5. The van der Waals surface area contributed by atoms with Crippen molar-refractivity contribution in [3.8, 4) is 17.1 Å². The molecule has 4 rings (SSSR count). The standard InChI is InChI=1S/C22H23N3O3/c1-27-18-11-7-10-17(15-18)21-23-22(28-24-21)19-12-5-6-13-25(19)20(26)14-16-8-3-2-4-9-16/h2-4,7-11,15,19H,5-6,12-14H2,1H3. The zero-order chi connectivity index (χ0) is 19.3. The monoisotopic (exact) mass is 377 g/mol. The smallest absolute Gasteiger partial charge is 0.249 e. The van der Waals surface area contributed by atoms with E-state index >= 15 is 0 Å². The number of benzene rings is 2. The number of carbonyl (C=O) groups excluding carboxylic acids is 1. The highest BCUT2D eigenvalue weighted by Gasteiger charge is 2.32. The molecule has 1 fully saturated rings. The van der Waals surface area contributed by atoms with Crippen LogP contribution in [-0.4, -0.2) is 34.6 Å². The van der Waals surface area contributed by atoms with E-state index in [1.165, 1.54) is 0 Å². The fraction of sp³-hybridized carbons (Fsp3) is 0.318.